The number of rotatable bonds is 3. The predicted octanol–water partition coefficient (Wildman–Crippen LogP) is 3.22. The van der Waals surface area contributed by atoms with Gasteiger partial charge in [0.1, 0.15) is 11.5 Å². The SMILES string of the molecule is NCCCc1c(C(F)(F)F)[nH]c2ccc(F)cc12. The average Bonchev–Trinajstić information content (AvgIpc) is 2.64. The molecule has 0 radical (unpaired) electrons. The molecule has 0 aliphatic rings. The van der Waals surface area contributed by atoms with E-state index in [4.69, 9.17) is 5.73 Å². The molecule has 18 heavy (non-hydrogen) atoms. The number of benzene rings is 1. The van der Waals surface area contributed by atoms with E-state index in [1.807, 2.05) is 0 Å². The van der Waals surface area contributed by atoms with E-state index in [0.29, 0.717) is 13.0 Å². The van der Waals surface area contributed by atoms with E-state index in [2.05, 4.69) is 4.98 Å². The minimum atomic E-state index is -4.47. The molecule has 0 bridgehead atoms. The zero-order valence-electron chi connectivity index (χ0n) is 9.44. The summed E-state index contributed by atoms with van der Waals surface area (Å²) >= 11 is 0. The number of aromatic nitrogens is 1. The molecule has 0 unspecified atom stereocenters. The van der Waals surface area contributed by atoms with E-state index in [1.165, 1.54) is 6.07 Å². The van der Waals surface area contributed by atoms with Crippen LogP contribution in [0.2, 0.25) is 0 Å². The summed E-state index contributed by atoms with van der Waals surface area (Å²) in [6.07, 6.45) is -3.87. The summed E-state index contributed by atoms with van der Waals surface area (Å²) in [4.78, 5) is 2.31. The molecule has 1 heterocycles. The number of fused-ring (bicyclic) bond motifs is 1. The van der Waals surface area contributed by atoms with E-state index in [0.717, 1.165) is 12.1 Å². The first-order valence-electron chi connectivity index (χ1n) is 5.51. The van der Waals surface area contributed by atoms with E-state index < -0.39 is 17.7 Å². The third-order valence-electron chi connectivity index (χ3n) is 2.78. The van der Waals surface area contributed by atoms with Gasteiger partial charge in [-0.1, -0.05) is 0 Å². The molecule has 2 rings (SSSR count). The predicted molar refractivity (Wildman–Crippen MR) is 60.6 cm³/mol. The first-order chi connectivity index (χ1) is 8.43. The van der Waals surface area contributed by atoms with Gasteiger partial charge in [-0.15, -0.1) is 0 Å². The number of H-pyrrole nitrogens is 1. The van der Waals surface area contributed by atoms with Crippen molar-refractivity contribution in [1.82, 2.24) is 4.98 Å². The monoisotopic (exact) mass is 260 g/mol. The fourth-order valence-corrected chi connectivity index (χ4v) is 2.00. The second kappa shape index (κ2) is 4.61. The molecule has 1 aromatic heterocycles. The zero-order chi connectivity index (χ0) is 13.3. The van der Waals surface area contributed by atoms with E-state index in [-0.39, 0.29) is 22.9 Å². The van der Waals surface area contributed by atoms with Crippen LogP contribution in [-0.2, 0) is 12.6 Å². The number of halogens is 4. The van der Waals surface area contributed by atoms with Crippen LogP contribution in [0.4, 0.5) is 17.6 Å². The van der Waals surface area contributed by atoms with Crippen molar-refractivity contribution < 1.29 is 17.6 Å². The maximum absolute atomic E-state index is 13.1. The van der Waals surface area contributed by atoms with E-state index in [1.54, 1.807) is 0 Å². The Hall–Kier alpha value is -1.56. The lowest BCUT2D eigenvalue weighted by Gasteiger charge is -2.07. The second-order valence-corrected chi connectivity index (χ2v) is 4.06. The normalized spacial score (nSPS) is 12.3. The number of nitrogens with two attached hydrogens (primary N) is 1. The molecule has 0 aliphatic carbocycles. The van der Waals surface area contributed by atoms with Gasteiger partial charge in [-0.3, -0.25) is 0 Å². The smallest absolute Gasteiger partial charge is 0.351 e. The lowest BCUT2D eigenvalue weighted by atomic mass is 10.1. The van der Waals surface area contributed by atoms with Gasteiger partial charge in [0.25, 0.3) is 0 Å². The van der Waals surface area contributed by atoms with Crippen molar-refractivity contribution in [2.24, 2.45) is 5.73 Å². The molecule has 2 nitrogen and oxygen atoms in total. The average molecular weight is 260 g/mol. The Balaban J connectivity index is 2.62. The highest BCUT2D eigenvalue weighted by Gasteiger charge is 2.36. The summed E-state index contributed by atoms with van der Waals surface area (Å²) in [6.45, 7) is 0.291. The van der Waals surface area contributed by atoms with Gasteiger partial charge in [-0.05, 0) is 43.1 Å². The number of aromatic amines is 1. The van der Waals surface area contributed by atoms with Crippen molar-refractivity contribution in [3.8, 4) is 0 Å². The first kappa shape index (κ1) is 12.9. The molecule has 2 aromatic rings. The molecule has 0 saturated carbocycles. The molecule has 6 heteroatoms. The van der Waals surface area contributed by atoms with Crippen LogP contribution in [0.25, 0.3) is 10.9 Å². The van der Waals surface area contributed by atoms with Crippen LogP contribution >= 0.6 is 0 Å². The highest BCUT2D eigenvalue weighted by molar-refractivity contribution is 5.85. The molecule has 0 fully saturated rings. The van der Waals surface area contributed by atoms with Gasteiger partial charge in [-0.25, -0.2) is 4.39 Å². The number of hydrogen-bond donors (Lipinski definition) is 2. The molecular weight excluding hydrogens is 248 g/mol. The first-order valence-corrected chi connectivity index (χ1v) is 5.51. The van der Waals surface area contributed by atoms with E-state index >= 15 is 0 Å². The topological polar surface area (TPSA) is 41.8 Å². The molecule has 0 saturated heterocycles. The Morgan fingerprint density at radius 3 is 2.56 bits per heavy atom. The largest absolute Gasteiger partial charge is 0.431 e. The molecule has 1 aromatic carbocycles. The number of nitrogens with one attached hydrogen (secondary N) is 1. The summed E-state index contributed by atoms with van der Waals surface area (Å²) in [5.74, 6) is -0.552. The van der Waals surface area contributed by atoms with Crippen molar-refractivity contribution >= 4 is 10.9 Å². The lowest BCUT2D eigenvalue weighted by Crippen LogP contribution is -2.10. The number of alkyl halides is 3. The van der Waals surface area contributed by atoms with Crippen molar-refractivity contribution in [2.45, 2.75) is 19.0 Å². The molecule has 0 spiro atoms. The maximum atomic E-state index is 13.1. The Labute approximate surface area is 101 Å². The molecule has 98 valence electrons. The summed E-state index contributed by atoms with van der Waals surface area (Å²) in [7, 11) is 0. The fourth-order valence-electron chi connectivity index (χ4n) is 2.00. The van der Waals surface area contributed by atoms with Gasteiger partial charge in [0.15, 0.2) is 0 Å². The van der Waals surface area contributed by atoms with Crippen LogP contribution in [0.1, 0.15) is 17.7 Å². The van der Waals surface area contributed by atoms with Gasteiger partial charge in [-0.2, -0.15) is 13.2 Å². The van der Waals surface area contributed by atoms with Crippen LogP contribution in [0.15, 0.2) is 18.2 Å². The van der Waals surface area contributed by atoms with Crippen LogP contribution in [-0.4, -0.2) is 11.5 Å². The third-order valence-corrected chi connectivity index (χ3v) is 2.78. The summed E-state index contributed by atoms with van der Waals surface area (Å²) in [6, 6.07) is 3.56. The van der Waals surface area contributed by atoms with Crippen LogP contribution in [0, 0.1) is 5.82 Å². The maximum Gasteiger partial charge on any atom is 0.431 e. The summed E-state index contributed by atoms with van der Waals surface area (Å²) in [5, 5.41) is 0.274. The van der Waals surface area contributed by atoms with Crippen LogP contribution < -0.4 is 5.73 Å². The van der Waals surface area contributed by atoms with Gasteiger partial charge < -0.3 is 10.7 Å². The van der Waals surface area contributed by atoms with Crippen molar-refractivity contribution in [2.75, 3.05) is 6.54 Å². The Morgan fingerprint density at radius 1 is 1.22 bits per heavy atom. The van der Waals surface area contributed by atoms with Crippen molar-refractivity contribution in [3.05, 3.63) is 35.3 Å². The lowest BCUT2D eigenvalue weighted by molar-refractivity contribution is -0.141. The minimum Gasteiger partial charge on any atom is -0.351 e. The minimum absolute atomic E-state index is 0.0856. The van der Waals surface area contributed by atoms with Crippen molar-refractivity contribution in [3.63, 3.8) is 0 Å². The van der Waals surface area contributed by atoms with Gasteiger partial charge >= 0.3 is 6.18 Å². The number of hydrogen-bond acceptors (Lipinski definition) is 1. The standard InChI is InChI=1S/C12H12F4N2/c13-7-3-4-10-9(6-7)8(2-1-5-17)11(18-10)12(14,15)16/h3-4,6,18H,1-2,5,17H2. The van der Waals surface area contributed by atoms with Gasteiger partial charge in [0.05, 0.1) is 0 Å². The molecule has 0 amide bonds. The fraction of sp³-hybridized carbons (Fsp3) is 0.333. The van der Waals surface area contributed by atoms with Gasteiger partial charge in [0.2, 0.25) is 0 Å². The highest BCUT2D eigenvalue weighted by atomic mass is 19.4. The molecule has 3 N–H and O–H groups in total. The molecule has 0 atom stereocenters. The van der Waals surface area contributed by atoms with Crippen molar-refractivity contribution in [1.29, 1.82) is 0 Å². The Kier molecular flexibility index (Phi) is 3.30. The highest BCUT2D eigenvalue weighted by Crippen LogP contribution is 2.36. The van der Waals surface area contributed by atoms with Gasteiger partial charge in [0, 0.05) is 10.9 Å². The zero-order valence-corrected chi connectivity index (χ0v) is 9.44. The Bertz CT molecular complexity index is 557. The molecular formula is C12H12F4N2. The van der Waals surface area contributed by atoms with E-state index in [9.17, 15) is 17.6 Å². The molecule has 0 aliphatic heterocycles. The quantitative estimate of drug-likeness (QED) is 0.817. The Morgan fingerprint density at radius 2 is 1.94 bits per heavy atom. The second-order valence-electron chi connectivity index (χ2n) is 4.06. The third kappa shape index (κ3) is 2.33. The number of aryl methyl sites for hydroxylation is 1. The summed E-state index contributed by atoms with van der Waals surface area (Å²) < 4.78 is 51.7. The van der Waals surface area contributed by atoms with Crippen LogP contribution in [0.5, 0.6) is 0 Å². The van der Waals surface area contributed by atoms with Crippen LogP contribution in [0.3, 0.4) is 0 Å². The summed E-state index contributed by atoms with van der Waals surface area (Å²) in [5.41, 5.74) is 4.88.